The summed E-state index contributed by atoms with van der Waals surface area (Å²) in [5.74, 6) is -1.37. The monoisotopic (exact) mass is 333 g/mol. The molecule has 6 nitrogen and oxygen atoms in total. The Balaban J connectivity index is 2.08. The maximum Gasteiger partial charge on any atom is 0.274 e. The van der Waals surface area contributed by atoms with Gasteiger partial charge in [-0.3, -0.25) is 20.2 Å². The van der Waals surface area contributed by atoms with E-state index in [1.807, 2.05) is 0 Å². The highest BCUT2D eigenvalue weighted by atomic mass is 32.1. The van der Waals surface area contributed by atoms with Crippen molar-refractivity contribution in [3.05, 3.63) is 69.5 Å². The quantitative estimate of drug-likeness (QED) is 0.512. The van der Waals surface area contributed by atoms with Crippen LogP contribution in [0.5, 0.6) is 0 Å². The van der Waals surface area contributed by atoms with Gasteiger partial charge in [-0.25, -0.2) is 4.39 Å². The fourth-order valence-electron chi connectivity index (χ4n) is 1.86. The molecule has 0 bridgehead atoms. The number of nitro groups is 1. The van der Waals surface area contributed by atoms with Crippen molar-refractivity contribution in [2.45, 2.75) is 6.92 Å². The Morgan fingerprint density at radius 3 is 2.61 bits per heavy atom. The van der Waals surface area contributed by atoms with Crippen LogP contribution >= 0.6 is 12.2 Å². The predicted molar refractivity (Wildman–Crippen MR) is 87.9 cm³/mol. The highest BCUT2D eigenvalue weighted by molar-refractivity contribution is 7.80. The Labute approximate surface area is 136 Å². The number of nitrogens with zero attached hydrogens (tertiary/aromatic N) is 1. The van der Waals surface area contributed by atoms with Crippen LogP contribution in [0.25, 0.3) is 0 Å². The summed E-state index contributed by atoms with van der Waals surface area (Å²) in [7, 11) is 0. The largest absolute Gasteiger partial charge is 0.332 e. The van der Waals surface area contributed by atoms with Crippen LogP contribution in [0.1, 0.15) is 15.9 Å². The van der Waals surface area contributed by atoms with Gasteiger partial charge in [0.25, 0.3) is 11.6 Å². The van der Waals surface area contributed by atoms with E-state index in [2.05, 4.69) is 10.6 Å². The van der Waals surface area contributed by atoms with Crippen molar-refractivity contribution in [3.63, 3.8) is 0 Å². The predicted octanol–water partition coefficient (Wildman–Crippen LogP) is 3.17. The second kappa shape index (κ2) is 6.93. The van der Waals surface area contributed by atoms with E-state index >= 15 is 0 Å². The first kappa shape index (κ1) is 16.5. The Bertz CT molecular complexity index is 795. The van der Waals surface area contributed by atoms with Gasteiger partial charge in [0, 0.05) is 17.3 Å². The molecule has 2 N–H and O–H groups in total. The van der Waals surface area contributed by atoms with Crippen molar-refractivity contribution in [1.82, 2.24) is 5.32 Å². The zero-order chi connectivity index (χ0) is 17.0. The normalized spacial score (nSPS) is 10.0. The number of halogens is 1. The molecule has 0 heterocycles. The first-order valence-electron chi connectivity index (χ1n) is 6.50. The molecule has 0 radical (unpaired) electrons. The van der Waals surface area contributed by atoms with Gasteiger partial charge in [0.15, 0.2) is 5.11 Å². The number of aryl methyl sites for hydroxylation is 1. The van der Waals surface area contributed by atoms with Gasteiger partial charge >= 0.3 is 0 Å². The van der Waals surface area contributed by atoms with Gasteiger partial charge < -0.3 is 5.32 Å². The maximum atomic E-state index is 13.5. The minimum absolute atomic E-state index is 0.0711. The topological polar surface area (TPSA) is 84.3 Å². The zero-order valence-electron chi connectivity index (χ0n) is 12.0. The highest BCUT2D eigenvalue weighted by Gasteiger charge is 2.14. The number of rotatable bonds is 3. The Hall–Kier alpha value is -2.87. The number of carbonyl (C=O) groups excluding carboxylic acids is 1. The van der Waals surface area contributed by atoms with Gasteiger partial charge in [-0.15, -0.1) is 0 Å². The summed E-state index contributed by atoms with van der Waals surface area (Å²) in [6.07, 6.45) is 0. The van der Waals surface area contributed by atoms with Gasteiger partial charge in [0.2, 0.25) is 0 Å². The van der Waals surface area contributed by atoms with Gasteiger partial charge in [0.05, 0.1) is 10.5 Å². The second-order valence-corrected chi connectivity index (χ2v) is 5.05. The van der Waals surface area contributed by atoms with Crippen molar-refractivity contribution in [1.29, 1.82) is 0 Å². The van der Waals surface area contributed by atoms with E-state index in [1.165, 1.54) is 24.3 Å². The number of hydrogen-bond acceptors (Lipinski definition) is 4. The van der Waals surface area contributed by atoms with E-state index in [0.29, 0.717) is 11.3 Å². The number of thiocarbonyl (C=S) groups is 1. The van der Waals surface area contributed by atoms with Gasteiger partial charge in [-0.05, 0) is 37.3 Å². The Morgan fingerprint density at radius 1 is 1.26 bits per heavy atom. The lowest BCUT2D eigenvalue weighted by molar-refractivity contribution is -0.385. The van der Waals surface area contributed by atoms with Crippen LogP contribution in [0, 0.1) is 22.9 Å². The molecular formula is C15H12FN3O3S. The van der Waals surface area contributed by atoms with E-state index in [9.17, 15) is 19.3 Å². The van der Waals surface area contributed by atoms with Crippen molar-refractivity contribution in [3.8, 4) is 0 Å². The van der Waals surface area contributed by atoms with Crippen LogP contribution in [0.4, 0.5) is 15.8 Å². The van der Waals surface area contributed by atoms with Crippen LogP contribution in [0.2, 0.25) is 0 Å². The summed E-state index contributed by atoms with van der Waals surface area (Å²) < 4.78 is 13.5. The number of nitro benzene ring substituents is 1. The van der Waals surface area contributed by atoms with Crippen molar-refractivity contribution in [2.24, 2.45) is 0 Å². The summed E-state index contributed by atoms with van der Waals surface area (Å²) >= 11 is 4.96. The van der Waals surface area contributed by atoms with Gasteiger partial charge in [-0.2, -0.15) is 0 Å². The second-order valence-electron chi connectivity index (χ2n) is 4.65. The van der Waals surface area contributed by atoms with Crippen LogP contribution in [-0.4, -0.2) is 15.9 Å². The lowest BCUT2D eigenvalue weighted by Gasteiger charge is -2.10. The summed E-state index contributed by atoms with van der Waals surface area (Å²) in [6, 6.07) is 9.92. The summed E-state index contributed by atoms with van der Waals surface area (Å²) in [5.41, 5.74) is 0.632. The molecule has 8 heteroatoms. The molecule has 0 saturated carbocycles. The molecule has 2 aromatic rings. The molecule has 0 fully saturated rings. The van der Waals surface area contributed by atoms with E-state index in [1.54, 1.807) is 19.1 Å². The molecule has 1 amide bonds. The third-order valence-electron chi connectivity index (χ3n) is 3.01. The summed E-state index contributed by atoms with van der Waals surface area (Å²) in [6.45, 7) is 1.61. The number of hydrogen-bond donors (Lipinski definition) is 2. The van der Waals surface area contributed by atoms with E-state index in [4.69, 9.17) is 12.2 Å². The molecule has 118 valence electrons. The number of nitrogens with one attached hydrogen (secondary N) is 2. The van der Waals surface area contributed by atoms with Gasteiger partial charge in [0.1, 0.15) is 5.82 Å². The lowest BCUT2D eigenvalue weighted by Crippen LogP contribution is -2.34. The molecule has 0 atom stereocenters. The highest BCUT2D eigenvalue weighted by Crippen LogP contribution is 2.22. The SMILES string of the molecule is Cc1ccc(NC(=S)NC(=O)c2ccccc2F)cc1[N+](=O)[O-]. The number of anilines is 1. The molecule has 0 aromatic heterocycles. The zero-order valence-corrected chi connectivity index (χ0v) is 12.8. The molecule has 2 aromatic carbocycles. The number of carbonyl (C=O) groups is 1. The molecule has 0 saturated heterocycles. The number of benzene rings is 2. The smallest absolute Gasteiger partial charge is 0.274 e. The molecule has 0 aliphatic carbocycles. The van der Waals surface area contributed by atoms with E-state index in [0.717, 1.165) is 6.07 Å². The standard InChI is InChI=1S/C15H12FN3O3S/c1-9-6-7-10(8-13(9)19(21)22)17-15(23)18-14(20)11-4-2-3-5-12(11)16/h2-8H,1H3,(H2,17,18,20,23). The maximum absolute atomic E-state index is 13.5. The van der Waals surface area contributed by atoms with Crippen molar-refractivity contribution >= 4 is 34.6 Å². The fraction of sp³-hybridized carbons (Fsp3) is 0.0667. The van der Waals surface area contributed by atoms with Gasteiger partial charge in [-0.1, -0.05) is 18.2 Å². The fourth-order valence-corrected chi connectivity index (χ4v) is 2.07. The average Bonchev–Trinajstić information content (AvgIpc) is 2.49. The first-order chi connectivity index (χ1) is 10.9. The Kier molecular flexibility index (Phi) is 4.97. The van der Waals surface area contributed by atoms with E-state index < -0.39 is 16.6 Å². The third kappa shape index (κ3) is 4.07. The lowest BCUT2D eigenvalue weighted by atomic mass is 10.2. The molecule has 0 spiro atoms. The van der Waals surface area contributed by atoms with Crippen LogP contribution in [0.3, 0.4) is 0 Å². The van der Waals surface area contributed by atoms with E-state index in [-0.39, 0.29) is 16.4 Å². The van der Waals surface area contributed by atoms with Crippen molar-refractivity contribution < 1.29 is 14.1 Å². The first-order valence-corrected chi connectivity index (χ1v) is 6.91. The Morgan fingerprint density at radius 2 is 1.96 bits per heavy atom. The molecule has 0 aliphatic rings. The van der Waals surface area contributed by atoms with Crippen LogP contribution in [0.15, 0.2) is 42.5 Å². The molecule has 2 rings (SSSR count). The minimum Gasteiger partial charge on any atom is -0.332 e. The van der Waals surface area contributed by atoms with Crippen LogP contribution < -0.4 is 10.6 Å². The third-order valence-corrected chi connectivity index (χ3v) is 3.21. The summed E-state index contributed by atoms with van der Waals surface area (Å²) in [5, 5.41) is 15.8. The molecule has 0 unspecified atom stereocenters. The molecule has 23 heavy (non-hydrogen) atoms. The van der Waals surface area contributed by atoms with Crippen LogP contribution in [-0.2, 0) is 0 Å². The van der Waals surface area contributed by atoms with Crippen molar-refractivity contribution in [2.75, 3.05) is 5.32 Å². The summed E-state index contributed by atoms with van der Waals surface area (Å²) in [4.78, 5) is 22.3. The average molecular weight is 333 g/mol. The molecular weight excluding hydrogens is 321 g/mol. The number of amides is 1. The minimum atomic E-state index is -0.706. The molecule has 0 aliphatic heterocycles.